The number of carboxylic acids is 1. The van der Waals surface area contributed by atoms with E-state index in [1.54, 1.807) is 0 Å². The first-order chi connectivity index (χ1) is 7.81. The van der Waals surface area contributed by atoms with Gasteiger partial charge >= 0.3 is 11.5 Å². The highest BCUT2D eigenvalue weighted by Gasteiger charge is 2.41. The highest BCUT2D eigenvalue weighted by molar-refractivity contribution is 8.00. The molecule has 2 atom stereocenters. The number of hydrogen-bond acceptors (Lipinski definition) is 3. The normalized spacial score (nSPS) is 23.9. The first-order valence-corrected chi connectivity index (χ1v) is 6.01. The molecular weight excluding hydrogens is 259 g/mol. The molecule has 1 aliphatic carbocycles. The minimum absolute atomic E-state index is 0.105. The van der Waals surface area contributed by atoms with Gasteiger partial charge in [0.15, 0.2) is 0 Å². The van der Waals surface area contributed by atoms with Gasteiger partial charge < -0.3 is 10.4 Å². The number of alkyl halides is 3. The van der Waals surface area contributed by atoms with Crippen molar-refractivity contribution in [2.45, 2.75) is 18.3 Å². The van der Waals surface area contributed by atoms with E-state index < -0.39 is 29.2 Å². The van der Waals surface area contributed by atoms with Gasteiger partial charge in [0.2, 0.25) is 5.91 Å². The molecule has 0 saturated heterocycles. The van der Waals surface area contributed by atoms with Gasteiger partial charge in [0.1, 0.15) is 0 Å². The van der Waals surface area contributed by atoms with E-state index in [2.05, 4.69) is 5.32 Å². The molecule has 98 valence electrons. The molecule has 0 spiro atoms. The standard InChI is InChI=1S/C9H12F3NO3S/c10-9(11,12)17-4-3-13-7(14)5-1-2-6(5)8(15)16/h5-6H,1-4H2,(H,13,14)(H,15,16). The van der Waals surface area contributed by atoms with E-state index >= 15 is 0 Å². The zero-order chi connectivity index (χ0) is 13.1. The van der Waals surface area contributed by atoms with Gasteiger partial charge in [-0.3, -0.25) is 9.59 Å². The summed E-state index contributed by atoms with van der Waals surface area (Å²) in [5.41, 5.74) is -4.30. The van der Waals surface area contributed by atoms with Crippen molar-refractivity contribution in [1.82, 2.24) is 5.32 Å². The van der Waals surface area contributed by atoms with Gasteiger partial charge in [-0.15, -0.1) is 0 Å². The third-order valence-corrected chi connectivity index (χ3v) is 3.33. The summed E-state index contributed by atoms with van der Waals surface area (Å²) in [4.78, 5) is 22.0. The van der Waals surface area contributed by atoms with E-state index in [0.29, 0.717) is 12.8 Å². The molecule has 1 fully saturated rings. The fourth-order valence-electron chi connectivity index (χ4n) is 1.58. The maximum Gasteiger partial charge on any atom is 0.441 e. The number of rotatable bonds is 5. The van der Waals surface area contributed by atoms with E-state index in [-0.39, 0.29) is 24.1 Å². The Morgan fingerprint density at radius 1 is 1.29 bits per heavy atom. The van der Waals surface area contributed by atoms with Gasteiger partial charge in [-0.2, -0.15) is 13.2 Å². The van der Waals surface area contributed by atoms with Crippen LogP contribution in [0.15, 0.2) is 0 Å². The molecule has 4 nitrogen and oxygen atoms in total. The molecular formula is C9H12F3NO3S. The molecule has 0 aromatic rings. The van der Waals surface area contributed by atoms with Crippen molar-refractivity contribution < 1.29 is 27.9 Å². The Balaban J connectivity index is 2.20. The van der Waals surface area contributed by atoms with Crippen LogP contribution >= 0.6 is 11.8 Å². The molecule has 0 radical (unpaired) electrons. The van der Waals surface area contributed by atoms with Crippen molar-refractivity contribution in [2.75, 3.05) is 12.3 Å². The number of carboxylic acid groups (broad SMARTS) is 1. The van der Waals surface area contributed by atoms with Gasteiger partial charge in [-0.1, -0.05) is 0 Å². The lowest BCUT2D eigenvalue weighted by Crippen LogP contribution is -2.44. The SMILES string of the molecule is O=C(O)C1CCC1C(=O)NCCSC(F)(F)F. The lowest BCUT2D eigenvalue weighted by molar-refractivity contribution is -0.152. The zero-order valence-corrected chi connectivity index (χ0v) is 9.61. The van der Waals surface area contributed by atoms with Gasteiger partial charge in [0.05, 0.1) is 11.8 Å². The van der Waals surface area contributed by atoms with Gasteiger partial charge in [-0.25, -0.2) is 0 Å². The monoisotopic (exact) mass is 271 g/mol. The molecule has 1 saturated carbocycles. The molecule has 0 aliphatic heterocycles. The number of carbonyl (C=O) groups excluding carboxylic acids is 1. The fourth-order valence-corrected chi connectivity index (χ4v) is 2.02. The van der Waals surface area contributed by atoms with Crippen molar-refractivity contribution in [3.8, 4) is 0 Å². The highest BCUT2D eigenvalue weighted by atomic mass is 32.2. The average Bonchev–Trinajstić information content (AvgIpc) is 2.08. The van der Waals surface area contributed by atoms with Crippen LogP contribution in [0.1, 0.15) is 12.8 Å². The van der Waals surface area contributed by atoms with Crippen molar-refractivity contribution in [2.24, 2.45) is 11.8 Å². The van der Waals surface area contributed by atoms with Crippen LogP contribution in [0.4, 0.5) is 13.2 Å². The Morgan fingerprint density at radius 3 is 2.29 bits per heavy atom. The molecule has 17 heavy (non-hydrogen) atoms. The third-order valence-electron chi connectivity index (χ3n) is 2.60. The van der Waals surface area contributed by atoms with Crippen LogP contribution in [-0.2, 0) is 9.59 Å². The zero-order valence-electron chi connectivity index (χ0n) is 8.79. The quantitative estimate of drug-likeness (QED) is 0.743. The van der Waals surface area contributed by atoms with Crippen molar-refractivity contribution in [1.29, 1.82) is 0 Å². The summed E-state index contributed by atoms with van der Waals surface area (Å²) in [6.45, 7) is -0.105. The van der Waals surface area contributed by atoms with Crippen LogP contribution in [0.3, 0.4) is 0 Å². The second kappa shape index (κ2) is 5.61. The second-order valence-electron chi connectivity index (χ2n) is 3.71. The van der Waals surface area contributed by atoms with Gasteiger partial charge in [-0.05, 0) is 24.6 Å². The van der Waals surface area contributed by atoms with E-state index in [4.69, 9.17) is 5.11 Å². The summed E-state index contributed by atoms with van der Waals surface area (Å²) >= 11 is -0.211. The second-order valence-corrected chi connectivity index (χ2v) is 4.87. The van der Waals surface area contributed by atoms with E-state index in [1.165, 1.54) is 0 Å². The Morgan fingerprint density at radius 2 is 1.88 bits per heavy atom. The Kier molecular flexibility index (Phi) is 4.67. The number of carbonyl (C=O) groups is 2. The molecule has 0 aromatic carbocycles. The lowest BCUT2D eigenvalue weighted by atomic mass is 9.73. The predicted molar refractivity (Wildman–Crippen MR) is 55.4 cm³/mol. The van der Waals surface area contributed by atoms with Crippen LogP contribution in [0.2, 0.25) is 0 Å². The molecule has 1 amide bonds. The summed E-state index contributed by atoms with van der Waals surface area (Å²) in [5.74, 6) is -3.04. The Labute approximate surface area is 99.9 Å². The average molecular weight is 271 g/mol. The van der Waals surface area contributed by atoms with E-state index in [0.717, 1.165) is 0 Å². The summed E-state index contributed by atoms with van der Waals surface area (Å²) in [6, 6.07) is 0. The van der Waals surface area contributed by atoms with E-state index in [9.17, 15) is 22.8 Å². The minimum atomic E-state index is -4.30. The molecule has 8 heteroatoms. The lowest BCUT2D eigenvalue weighted by Gasteiger charge is -2.31. The summed E-state index contributed by atoms with van der Waals surface area (Å²) < 4.78 is 35.3. The van der Waals surface area contributed by atoms with E-state index in [1.807, 2.05) is 0 Å². The van der Waals surface area contributed by atoms with Crippen LogP contribution in [0.5, 0.6) is 0 Å². The Bertz CT molecular complexity index is 308. The van der Waals surface area contributed by atoms with Crippen LogP contribution in [0, 0.1) is 11.8 Å². The van der Waals surface area contributed by atoms with Crippen molar-refractivity contribution in [3.05, 3.63) is 0 Å². The topological polar surface area (TPSA) is 66.4 Å². The van der Waals surface area contributed by atoms with Gasteiger partial charge in [0, 0.05) is 12.3 Å². The number of amides is 1. The summed E-state index contributed by atoms with van der Waals surface area (Å²) in [6.07, 6.45) is 0.930. The van der Waals surface area contributed by atoms with Gasteiger partial charge in [0.25, 0.3) is 0 Å². The fraction of sp³-hybridized carbons (Fsp3) is 0.778. The number of thioether (sulfide) groups is 1. The summed E-state index contributed by atoms with van der Waals surface area (Å²) in [5, 5.41) is 11.0. The first kappa shape index (κ1) is 14.1. The first-order valence-electron chi connectivity index (χ1n) is 5.02. The summed E-state index contributed by atoms with van der Waals surface area (Å²) in [7, 11) is 0. The minimum Gasteiger partial charge on any atom is -0.481 e. The number of aliphatic carboxylic acids is 1. The van der Waals surface area contributed by atoms with Crippen LogP contribution < -0.4 is 5.32 Å². The molecule has 0 aromatic heterocycles. The highest BCUT2D eigenvalue weighted by Crippen LogP contribution is 2.34. The van der Waals surface area contributed by atoms with Crippen molar-refractivity contribution >= 4 is 23.6 Å². The maximum absolute atomic E-state index is 11.8. The number of halogens is 3. The van der Waals surface area contributed by atoms with Crippen LogP contribution in [-0.4, -0.2) is 34.8 Å². The molecule has 1 aliphatic rings. The van der Waals surface area contributed by atoms with Crippen LogP contribution in [0.25, 0.3) is 0 Å². The smallest absolute Gasteiger partial charge is 0.441 e. The number of hydrogen-bond donors (Lipinski definition) is 2. The largest absolute Gasteiger partial charge is 0.481 e. The molecule has 2 unspecified atom stereocenters. The maximum atomic E-state index is 11.8. The predicted octanol–water partition coefficient (Wildman–Crippen LogP) is 1.47. The molecule has 0 bridgehead atoms. The Hall–Kier alpha value is -0.920. The van der Waals surface area contributed by atoms with Crippen molar-refractivity contribution in [3.63, 3.8) is 0 Å². The molecule has 0 heterocycles. The molecule has 1 rings (SSSR count). The molecule has 2 N–H and O–H groups in total. The third kappa shape index (κ3) is 4.45. The number of nitrogens with one attached hydrogen (secondary N) is 1.